The molecule has 212 valence electrons. The fourth-order valence-corrected chi connectivity index (χ4v) is 5.94. The van der Waals surface area contributed by atoms with E-state index in [9.17, 15) is 14.4 Å². The zero-order chi connectivity index (χ0) is 28.5. The number of piperazine rings is 1. The second-order valence-electron chi connectivity index (χ2n) is 9.37. The number of thiazole rings is 1. The first-order valence-electron chi connectivity index (χ1n) is 12.9. The zero-order valence-corrected chi connectivity index (χ0v) is 23.8. The van der Waals surface area contributed by atoms with E-state index in [2.05, 4.69) is 15.6 Å². The van der Waals surface area contributed by atoms with E-state index in [0.717, 1.165) is 15.3 Å². The van der Waals surface area contributed by atoms with E-state index in [4.69, 9.17) is 10.2 Å². The minimum atomic E-state index is -0.382. The first-order valence-corrected chi connectivity index (χ1v) is 14.7. The van der Waals surface area contributed by atoms with Crippen LogP contribution in [-0.4, -0.2) is 88.2 Å². The number of thioether (sulfide) groups is 1. The van der Waals surface area contributed by atoms with Gasteiger partial charge in [-0.05, 0) is 35.4 Å². The number of hydrogen-bond acceptors (Lipinski definition) is 9. The van der Waals surface area contributed by atoms with Crippen molar-refractivity contribution in [1.29, 1.82) is 0 Å². The number of anilines is 1. The van der Waals surface area contributed by atoms with Crippen LogP contribution in [0, 0.1) is 0 Å². The lowest BCUT2D eigenvalue weighted by Crippen LogP contribution is -2.50. The highest BCUT2D eigenvalue weighted by molar-refractivity contribution is 8.00. The van der Waals surface area contributed by atoms with Crippen LogP contribution in [0.5, 0.6) is 0 Å². The Morgan fingerprint density at radius 3 is 2.35 bits per heavy atom. The van der Waals surface area contributed by atoms with Crippen LogP contribution in [0.25, 0.3) is 0 Å². The van der Waals surface area contributed by atoms with Crippen molar-refractivity contribution in [2.75, 3.05) is 44.7 Å². The van der Waals surface area contributed by atoms with Gasteiger partial charge in [0.05, 0.1) is 29.7 Å². The molecule has 1 saturated heterocycles. The van der Waals surface area contributed by atoms with Gasteiger partial charge in [-0.15, -0.1) is 11.8 Å². The molecule has 1 aromatic heterocycles. The summed E-state index contributed by atoms with van der Waals surface area (Å²) in [7, 11) is 0. The standard InChI is InChI=1S/C28H33N5O5S2/c1-19(36)32-9-11-33(12-10-32)27(38)23-4-2-3-21(13-23)18-39-25-15-30-28(40-25)31-26(37)22-7-5-20(6-8-22)14-29-24(16-34)17-35/h2-8,13,15,24,29,34-35H,9-12,14,16-18H2,1H3,(H,30,31,37). The molecule has 0 radical (unpaired) electrons. The van der Waals surface area contributed by atoms with Gasteiger partial charge >= 0.3 is 0 Å². The molecule has 1 aliphatic heterocycles. The van der Waals surface area contributed by atoms with E-state index < -0.39 is 0 Å². The van der Waals surface area contributed by atoms with Gasteiger partial charge in [0.25, 0.3) is 11.8 Å². The first-order chi connectivity index (χ1) is 19.4. The molecule has 4 rings (SSSR count). The molecule has 0 aliphatic carbocycles. The average molecular weight is 584 g/mol. The van der Waals surface area contributed by atoms with E-state index in [1.165, 1.54) is 11.3 Å². The third kappa shape index (κ3) is 8.12. The highest BCUT2D eigenvalue weighted by Gasteiger charge is 2.23. The molecule has 0 unspecified atom stereocenters. The molecular formula is C28H33N5O5S2. The lowest BCUT2D eigenvalue weighted by molar-refractivity contribution is -0.130. The average Bonchev–Trinajstić information content (AvgIpc) is 3.43. The van der Waals surface area contributed by atoms with E-state index >= 15 is 0 Å². The lowest BCUT2D eigenvalue weighted by atomic mass is 10.1. The second kappa shape index (κ2) is 14.4. The van der Waals surface area contributed by atoms with Gasteiger partial charge in [0.1, 0.15) is 0 Å². The molecule has 40 heavy (non-hydrogen) atoms. The molecular weight excluding hydrogens is 550 g/mol. The Balaban J connectivity index is 1.26. The number of nitrogens with zero attached hydrogens (tertiary/aromatic N) is 3. The monoisotopic (exact) mass is 583 g/mol. The molecule has 3 amide bonds. The van der Waals surface area contributed by atoms with Crippen molar-refractivity contribution in [2.24, 2.45) is 0 Å². The highest BCUT2D eigenvalue weighted by atomic mass is 32.2. The third-order valence-corrected chi connectivity index (χ3v) is 8.70. The summed E-state index contributed by atoms with van der Waals surface area (Å²) in [5, 5.41) is 24.7. The fourth-order valence-electron chi connectivity index (χ4n) is 4.13. The van der Waals surface area contributed by atoms with Crippen LogP contribution in [0.15, 0.2) is 58.9 Å². The van der Waals surface area contributed by atoms with Gasteiger partial charge in [-0.3, -0.25) is 19.7 Å². The summed E-state index contributed by atoms with van der Waals surface area (Å²) in [6.45, 7) is 3.89. The number of aliphatic hydroxyl groups is 2. The van der Waals surface area contributed by atoms with Crippen molar-refractivity contribution in [3.05, 3.63) is 77.0 Å². The smallest absolute Gasteiger partial charge is 0.257 e. The molecule has 2 heterocycles. The van der Waals surface area contributed by atoms with Gasteiger partial charge in [-0.1, -0.05) is 35.6 Å². The summed E-state index contributed by atoms with van der Waals surface area (Å²) in [5.41, 5.74) is 3.07. The Morgan fingerprint density at radius 2 is 1.68 bits per heavy atom. The van der Waals surface area contributed by atoms with Crippen molar-refractivity contribution >= 4 is 46.0 Å². The Bertz CT molecular complexity index is 1300. The van der Waals surface area contributed by atoms with Gasteiger partial charge < -0.3 is 25.3 Å². The van der Waals surface area contributed by atoms with Crippen LogP contribution in [0.1, 0.15) is 38.8 Å². The fraction of sp³-hybridized carbons (Fsp3) is 0.357. The number of aromatic nitrogens is 1. The summed E-state index contributed by atoms with van der Waals surface area (Å²) < 4.78 is 0.941. The maximum absolute atomic E-state index is 13.0. The SMILES string of the molecule is CC(=O)N1CCN(C(=O)c2cccc(CSc3cnc(NC(=O)c4ccc(CNC(CO)CO)cc4)s3)c2)CC1. The Hall–Kier alpha value is -3.29. The molecule has 10 nitrogen and oxygen atoms in total. The minimum absolute atomic E-state index is 0.0262. The Kier molecular flexibility index (Phi) is 10.7. The van der Waals surface area contributed by atoms with E-state index in [-0.39, 0.29) is 37.0 Å². The van der Waals surface area contributed by atoms with Crippen LogP contribution >= 0.6 is 23.1 Å². The first kappa shape index (κ1) is 29.7. The van der Waals surface area contributed by atoms with Crippen LogP contribution < -0.4 is 10.6 Å². The predicted molar refractivity (Wildman–Crippen MR) is 155 cm³/mol. The second-order valence-corrected chi connectivity index (χ2v) is 11.7. The summed E-state index contributed by atoms with van der Waals surface area (Å²) in [6, 6.07) is 14.3. The molecule has 0 atom stereocenters. The number of nitrogens with one attached hydrogen (secondary N) is 2. The molecule has 4 N–H and O–H groups in total. The van der Waals surface area contributed by atoms with Crippen LogP contribution in [-0.2, 0) is 17.1 Å². The Morgan fingerprint density at radius 1 is 0.975 bits per heavy atom. The summed E-state index contributed by atoms with van der Waals surface area (Å²) in [5.74, 6) is 0.399. The maximum atomic E-state index is 13.0. The van der Waals surface area contributed by atoms with Crippen LogP contribution in [0.3, 0.4) is 0 Å². The third-order valence-electron chi connectivity index (χ3n) is 6.52. The molecule has 0 saturated carbocycles. The van der Waals surface area contributed by atoms with Gasteiger partial charge in [0.15, 0.2) is 5.13 Å². The number of rotatable bonds is 11. The molecule has 1 fully saturated rings. The van der Waals surface area contributed by atoms with Gasteiger partial charge in [-0.2, -0.15) is 0 Å². The highest BCUT2D eigenvalue weighted by Crippen LogP contribution is 2.31. The molecule has 0 bridgehead atoms. The number of hydrogen-bond donors (Lipinski definition) is 4. The molecule has 12 heteroatoms. The number of carbonyl (C=O) groups is 3. The van der Waals surface area contributed by atoms with Crippen molar-refractivity contribution in [3.63, 3.8) is 0 Å². The molecule has 2 aromatic carbocycles. The lowest BCUT2D eigenvalue weighted by Gasteiger charge is -2.34. The van der Waals surface area contributed by atoms with E-state index in [1.807, 2.05) is 36.4 Å². The van der Waals surface area contributed by atoms with Crippen LogP contribution in [0.4, 0.5) is 5.13 Å². The summed E-state index contributed by atoms with van der Waals surface area (Å²) in [4.78, 5) is 45.1. The van der Waals surface area contributed by atoms with Gasteiger partial charge in [0, 0.05) is 56.5 Å². The zero-order valence-electron chi connectivity index (χ0n) is 22.2. The topological polar surface area (TPSA) is 135 Å². The predicted octanol–water partition coefficient (Wildman–Crippen LogP) is 2.43. The number of benzene rings is 2. The van der Waals surface area contributed by atoms with E-state index in [1.54, 1.807) is 46.8 Å². The van der Waals surface area contributed by atoms with Crippen molar-refractivity contribution in [1.82, 2.24) is 20.1 Å². The quantitative estimate of drug-likeness (QED) is 0.253. The minimum Gasteiger partial charge on any atom is -0.395 e. The van der Waals surface area contributed by atoms with Gasteiger partial charge in [-0.25, -0.2) is 4.98 Å². The summed E-state index contributed by atoms with van der Waals surface area (Å²) >= 11 is 2.97. The maximum Gasteiger partial charge on any atom is 0.257 e. The normalized spacial score (nSPS) is 13.5. The number of carbonyl (C=O) groups excluding carboxylic acids is 3. The largest absolute Gasteiger partial charge is 0.395 e. The Labute approximate surface area is 241 Å². The molecule has 3 aromatic rings. The van der Waals surface area contributed by atoms with Crippen molar-refractivity contribution in [2.45, 2.75) is 29.5 Å². The number of aliphatic hydroxyl groups excluding tert-OH is 2. The van der Waals surface area contributed by atoms with Crippen molar-refractivity contribution in [3.8, 4) is 0 Å². The molecule has 0 spiro atoms. The summed E-state index contributed by atoms with van der Waals surface area (Å²) in [6.07, 6.45) is 1.72. The van der Waals surface area contributed by atoms with E-state index in [0.29, 0.717) is 54.7 Å². The van der Waals surface area contributed by atoms with Crippen molar-refractivity contribution < 1.29 is 24.6 Å². The van der Waals surface area contributed by atoms with Gasteiger partial charge in [0.2, 0.25) is 5.91 Å². The molecule has 1 aliphatic rings. The number of amides is 3. The van der Waals surface area contributed by atoms with Crippen LogP contribution in [0.2, 0.25) is 0 Å².